The molecule has 3 nitrogen and oxygen atoms in total. The molecule has 3 heteroatoms. The van der Waals surface area contributed by atoms with Gasteiger partial charge in [0.15, 0.2) is 0 Å². The van der Waals surface area contributed by atoms with E-state index in [1.165, 1.54) is 19.3 Å². The Balaban J connectivity index is 2.48. The summed E-state index contributed by atoms with van der Waals surface area (Å²) in [6.07, 6.45) is 10.2. The summed E-state index contributed by atoms with van der Waals surface area (Å²) < 4.78 is 0. The van der Waals surface area contributed by atoms with Crippen molar-refractivity contribution in [3.05, 3.63) is 48.2 Å². The van der Waals surface area contributed by atoms with Gasteiger partial charge in [0.25, 0.3) is 0 Å². The predicted molar refractivity (Wildman–Crippen MR) is 110 cm³/mol. The average Bonchev–Trinajstić information content (AvgIpc) is 2.72. The van der Waals surface area contributed by atoms with Crippen molar-refractivity contribution in [2.75, 3.05) is 6.61 Å². The Morgan fingerprint density at radius 3 is 2.48 bits per heavy atom. The van der Waals surface area contributed by atoms with Gasteiger partial charge in [-0.25, -0.2) is 0 Å². The van der Waals surface area contributed by atoms with Crippen molar-refractivity contribution < 1.29 is 15.3 Å². The summed E-state index contributed by atoms with van der Waals surface area (Å²) in [5, 5.41) is 31.1. The van der Waals surface area contributed by atoms with Crippen molar-refractivity contribution in [2.45, 2.75) is 69.8 Å². The Hall–Kier alpha value is -1.76. The Labute approximate surface area is 164 Å². The molecule has 1 aromatic rings. The number of hydrogen-bond donors (Lipinski definition) is 3. The maximum atomic E-state index is 12.1. The fraction of sp³-hybridized carbons (Fsp3) is 0.583. The molecule has 1 saturated carbocycles. The van der Waals surface area contributed by atoms with Gasteiger partial charge in [-0.15, -0.1) is 11.8 Å². The van der Waals surface area contributed by atoms with Crippen LogP contribution in [0.1, 0.15) is 69.8 Å². The van der Waals surface area contributed by atoms with Crippen LogP contribution in [0.5, 0.6) is 0 Å². The van der Waals surface area contributed by atoms with Crippen LogP contribution < -0.4 is 0 Å². The summed E-state index contributed by atoms with van der Waals surface area (Å²) in [5.41, 5.74) is -0.00466. The first kappa shape index (κ1) is 21.5. The zero-order chi connectivity index (χ0) is 19.5. The van der Waals surface area contributed by atoms with Crippen LogP contribution in [0.15, 0.2) is 42.7 Å². The molecule has 0 bridgehead atoms. The Morgan fingerprint density at radius 1 is 1.19 bits per heavy atom. The van der Waals surface area contributed by atoms with E-state index in [1.54, 1.807) is 13.0 Å². The van der Waals surface area contributed by atoms with Gasteiger partial charge in [0.2, 0.25) is 0 Å². The van der Waals surface area contributed by atoms with Gasteiger partial charge in [-0.05, 0) is 43.2 Å². The zero-order valence-electron chi connectivity index (χ0n) is 16.5. The lowest BCUT2D eigenvalue weighted by molar-refractivity contribution is -0.0710. The minimum absolute atomic E-state index is 0.00111. The Kier molecular flexibility index (Phi) is 8.91. The fourth-order valence-corrected chi connectivity index (χ4v) is 4.81. The van der Waals surface area contributed by atoms with Crippen LogP contribution in [-0.4, -0.2) is 27.5 Å². The Morgan fingerprint density at radius 2 is 1.89 bits per heavy atom. The van der Waals surface area contributed by atoms with Gasteiger partial charge in [0.1, 0.15) is 0 Å². The third kappa shape index (κ3) is 5.61. The van der Waals surface area contributed by atoms with Crippen molar-refractivity contribution in [1.82, 2.24) is 0 Å². The van der Waals surface area contributed by atoms with E-state index < -0.39 is 5.60 Å². The van der Waals surface area contributed by atoms with E-state index in [0.29, 0.717) is 25.2 Å². The molecule has 0 spiro atoms. The number of aliphatic hydroxyl groups is 3. The van der Waals surface area contributed by atoms with Crippen LogP contribution in [0.25, 0.3) is 0 Å². The molecule has 1 aliphatic rings. The second-order valence-electron chi connectivity index (χ2n) is 7.70. The van der Waals surface area contributed by atoms with E-state index >= 15 is 0 Å². The average molecular weight is 371 g/mol. The van der Waals surface area contributed by atoms with Crippen molar-refractivity contribution in [2.24, 2.45) is 11.8 Å². The van der Waals surface area contributed by atoms with Crippen molar-refractivity contribution in [3.63, 3.8) is 0 Å². The van der Waals surface area contributed by atoms with Gasteiger partial charge < -0.3 is 15.3 Å². The minimum Gasteiger partial charge on any atom is -0.516 e. The lowest BCUT2D eigenvalue weighted by Gasteiger charge is -2.46. The number of aliphatic hydroxyl groups excluding tert-OH is 2. The molecule has 1 aromatic carbocycles. The molecule has 1 fully saturated rings. The lowest BCUT2D eigenvalue weighted by atomic mass is 9.62. The second kappa shape index (κ2) is 11.2. The van der Waals surface area contributed by atoms with Crippen molar-refractivity contribution >= 4 is 0 Å². The van der Waals surface area contributed by atoms with Crippen molar-refractivity contribution in [1.29, 1.82) is 0 Å². The van der Waals surface area contributed by atoms with Crippen LogP contribution in [0, 0.1) is 23.7 Å². The van der Waals surface area contributed by atoms with Gasteiger partial charge in [0, 0.05) is 18.9 Å². The molecule has 0 heterocycles. The summed E-state index contributed by atoms with van der Waals surface area (Å²) in [5.74, 6) is 6.28. The monoisotopic (exact) mass is 370 g/mol. The molecule has 3 unspecified atom stereocenters. The first-order valence-corrected chi connectivity index (χ1v) is 10.2. The van der Waals surface area contributed by atoms with Crippen LogP contribution in [0.4, 0.5) is 0 Å². The van der Waals surface area contributed by atoms with Gasteiger partial charge in [-0.2, -0.15) is 0 Å². The first-order valence-electron chi connectivity index (χ1n) is 10.2. The van der Waals surface area contributed by atoms with E-state index in [9.17, 15) is 15.3 Å². The number of hydrogen-bond acceptors (Lipinski definition) is 3. The lowest BCUT2D eigenvalue weighted by Crippen LogP contribution is -2.47. The van der Waals surface area contributed by atoms with E-state index in [-0.39, 0.29) is 18.4 Å². The van der Waals surface area contributed by atoms with E-state index in [2.05, 4.69) is 11.8 Å². The molecule has 2 rings (SSSR count). The number of rotatable bonds is 9. The fourth-order valence-electron chi connectivity index (χ4n) is 4.81. The van der Waals surface area contributed by atoms with E-state index in [4.69, 9.17) is 0 Å². The summed E-state index contributed by atoms with van der Waals surface area (Å²) in [7, 11) is 0. The molecule has 1 aliphatic carbocycles. The molecular weight excluding hydrogens is 336 g/mol. The number of allylic oxidation sites excluding steroid dienone is 1. The highest BCUT2D eigenvalue weighted by Gasteiger charge is 2.46. The van der Waals surface area contributed by atoms with Crippen LogP contribution in [0.3, 0.4) is 0 Å². The predicted octanol–water partition coefficient (Wildman–Crippen LogP) is 4.96. The van der Waals surface area contributed by atoms with Gasteiger partial charge in [-0.1, -0.05) is 62.4 Å². The molecule has 148 valence electrons. The third-order valence-electron chi connectivity index (χ3n) is 6.13. The largest absolute Gasteiger partial charge is 0.516 e. The van der Waals surface area contributed by atoms with Gasteiger partial charge >= 0.3 is 0 Å². The molecule has 0 aromatic heterocycles. The summed E-state index contributed by atoms with van der Waals surface area (Å²) in [4.78, 5) is 0. The molecule has 0 amide bonds. The van der Waals surface area contributed by atoms with E-state index in [1.807, 2.05) is 30.3 Å². The SMILES string of the molecule is CC#CCC(O)(C(CCO)c1ccccc1)C(CC=CO)C1CCCCC1. The normalized spacial score (nSPS) is 19.8. The summed E-state index contributed by atoms with van der Waals surface area (Å²) >= 11 is 0. The highest BCUT2D eigenvalue weighted by molar-refractivity contribution is 5.26. The molecule has 3 N–H and O–H groups in total. The molecule has 3 atom stereocenters. The van der Waals surface area contributed by atoms with Crippen LogP contribution in [0.2, 0.25) is 0 Å². The standard InChI is InChI=1S/C24H34O3/c1-2-3-17-24(27,23(16-19-26)21-13-8-5-9-14-21)22(15-10-18-25)20-11-6-4-7-12-20/h5,8-10,13-14,18,20,22-23,25-27H,4,6-7,11-12,15-17,19H2,1H3. The minimum atomic E-state index is -1.05. The summed E-state index contributed by atoms with van der Waals surface area (Å²) in [6, 6.07) is 10.00. The second-order valence-corrected chi connectivity index (χ2v) is 7.70. The zero-order valence-corrected chi connectivity index (χ0v) is 16.5. The van der Waals surface area contributed by atoms with Crippen LogP contribution >= 0.6 is 0 Å². The Bertz CT molecular complexity index is 622. The van der Waals surface area contributed by atoms with Gasteiger partial charge in [0.05, 0.1) is 11.9 Å². The number of benzene rings is 1. The first-order chi connectivity index (χ1) is 13.2. The highest BCUT2D eigenvalue weighted by atomic mass is 16.3. The maximum Gasteiger partial charge on any atom is 0.0859 e. The molecule has 0 saturated heterocycles. The molecule has 27 heavy (non-hydrogen) atoms. The van der Waals surface area contributed by atoms with E-state index in [0.717, 1.165) is 24.7 Å². The van der Waals surface area contributed by atoms with Crippen LogP contribution in [-0.2, 0) is 0 Å². The molecule has 0 radical (unpaired) electrons. The third-order valence-corrected chi connectivity index (χ3v) is 6.13. The topological polar surface area (TPSA) is 60.7 Å². The maximum absolute atomic E-state index is 12.1. The van der Waals surface area contributed by atoms with Crippen molar-refractivity contribution in [3.8, 4) is 11.8 Å². The highest BCUT2D eigenvalue weighted by Crippen LogP contribution is 2.47. The smallest absolute Gasteiger partial charge is 0.0859 e. The molecule has 0 aliphatic heterocycles. The molecular formula is C24H34O3. The van der Waals surface area contributed by atoms with Gasteiger partial charge in [-0.3, -0.25) is 0 Å². The quantitative estimate of drug-likeness (QED) is 0.425. The summed E-state index contributed by atoms with van der Waals surface area (Å²) in [6.45, 7) is 1.82.